The van der Waals surface area contributed by atoms with Gasteiger partial charge in [0.25, 0.3) is 0 Å². The van der Waals surface area contributed by atoms with Crippen LogP contribution in [0.15, 0.2) is 200 Å². The topological polar surface area (TPSA) is 3.24 Å². The van der Waals surface area contributed by atoms with Gasteiger partial charge in [-0.15, -0.1) is 11.3 Å². The first-order valence-corrected chi connectivity index (χ1v) is 18.6. The van der Waals surface area contributed by atoms with Crippen LogP contribution < -0.4 is 4.90 Å². The van der Waals surface area contributed by atoms with Crippen molar-refractivity contribution in [2.45, 2.75) is 0 Å². The van der Waals surface area contributed by atoms with E-state index in [1.54, 1.807) is 0 Å². The first-order chi connectivity index (χ1) is 25.8. The number of anilines is 3. The molecule has 244 valence electrons. The van der Waals surface area contributed by atoms with Gasteiger partial charge in [0.2, 0.25) is 0 Å². The van der Waals surface area contributed by atoms with Crippen molar-refractivity contribution in [3.05, 3.63) is 200 Å². The molecular weight excluding hydrogens is 647 g/mol. The van der Waals surface area contributed by atoms with Crippen LogP contribution in [0.2, 0.25) is 0 Å². The molecule has 0 radical (unpaired) electrons. The molecule has 1 aromatic heterocycles. The molecule has 0 N–H and O–H groups in total. The van der Waals surface area contributed by atoms with Crippen molar-refractivity contribution in [3.8, 4) is 33.4 Å². The summed E-state index contributed by atoms with van der Waals surface area (Å²) in [6.45, 7) is 0. The van der Waals surface area contributed by atoms with E-state index in [0.29, 0.717) is 0 Å². The molecule has 0 saturated carbocycles. The Balaban J connectivity index is 0.958. The molecule has 0 unspecified atom stereocenters. The summed E-state index contributed by atoms with van der Waals surface area (Å²) in [4.78, 5) is 2.33. The standard InChI is InChI=1S/C50H33NS/c1-2-15-42(16-3-1)51(44-30-26-34-10-4-5-12-40(34)33-44)43-28-24-36(25-29-43)35-20-22-37(23-21-35)39-13-8-14-41(32-39)46-18-9-19-47-49-45-17-7-6-11-38(45)27-31-48(49)52-50(46)47/h1-33H. The molecule has 1 nitrogen and oxygen atoms in total. The van der Waals surface area contributed by atoms with Gasteiger partial charge in [-0.1, -0.05) is 152 Å². The molecular formula is C50H33NS. The van der Waals surface area contributed by atoms with Crippen LogP contribution in [0.25, 0.3) is 75.1 Å². The third-order valence-electron chi connectivity index (χ3n) is 10.2. The Morgan fingerprint density at radius 2 is 0.904 bits per heavy atom. The highest BCUT2D eigenvalue weighted by molar-refractivity contribution is 7.26. The van der Waals surface area contributed by atoms with Gasteiger partial charge in [-0.25, -0.2) is 0 Å². The van der Waals surface area contributed by atoms with Crippen molar-refractivity contribution < 1.29 is 0 Å². The number of hydrogen-bond acceptors (Lipinski definition) is 2. The van der Waals surface area contributed by atoms with E-state index in [0.717, 1.165) is 17.1 Å². The lowest BCUT2D eigenvalue weighted by molar-refractivity contribution is 1.29. The van der Waals surface area contributed by atoms with Crippen LogP contribution in [0.1, 0.15) is 0 Å². The van der Waals surface area contributed by atoms with Crippen LogP contribution in [0.5, 0.6) is 0 Å². The molecule has 0 aliphatic rings. The minimum Gasteiger partial charge on any atom is -0.310 e. The largest absolute Gasteiger partial charge is 0.310 e. The van der Waals surface area contributed by atoms with Crippen molar-refractivity contribution in [3.63, 3.8) is 0 Å². The predicted octanol–water partition coefficient (Wildman–Crippen LogP) is 14.8. The number of fused-ring (bicyclic) bond motifs is 6. The maximum atomic E-state index is 2.34. The van der Waals surface area contributed by atoms with Gasteiger partial charge < -0.3 is 4.90 Å². The molecule has 0 amide bonds. The third-order valence-corrected chi connectivity index (χ3v) is 11.4. The van der Waals surface area contributed by atoms with Gasteiger partial charge in [0, 0.05) is 37.2 Å². The van der Waals surface area contributed by atoms with Crippen LogP contribution in [0.4, 0.5) is 17.1 Å². The Kier molecular flexibility index (Phi) is 7.41. The Hall–Kier alpha value is -6.48. The van der Waals surface area contributed by atoms with Crippen LogP contribution in [-0.2, 0) is 0 Å². The smallest absolute Gasteiger partial charge is 0.0468 e. The Labute approximate surface area is 307 Å². The Morgan fingerprint density at radius 1 is 0.327 bits per heavy atom. The second kappa shape index (κ2) is 12.7. The molecule has 0 atom stereocenters. The third kappa shape index (κ3) is 5.33. The van der Waals surface area contributed by atoms with Gasteiger partial charge in [0.05, 0.1) is 0 Å². The molecule has 0 saturated heterocycles. The molecule has 0 bridgehead atoms. The summed E-state index contributed by atoms with van der Waals surface area (Å²) in [5.74, 6) is 0. The van der Waals surface area contributed by atoms with Crippen molar-refractivity contribution in [1.82, 2.24) is 0 Å². The molecule has 0 aliphatic heterocycles. The van der Waals surface area contributed by atoms with E-state index in [9.17, 15) is 0 Å². The highest BCUT2D eigenvalue weighted by Gasteiger charge is 2.15. The number of hydrogen-bond donors (Lipinski definition) is 0. The quantitative estimate of drug-likeness (QED) is 0.169. The molecule has 52 heavy (non-hydrogen) atoms. The molecule has 0 spiro atoms. The highest BCUT2D eigenvalue weighted by atomic mass is 32.1. The molecule has 1 heterocycles. The van der Waals surface area contributed by atoms with E-state index in [1.807, 2.05) is 11.3 Å². The monoisotopic (exact) mass is 679 g/mol. The molecule has 10 rings (SSSR count). The predicted molar refractivity (Wildman–Crippen MR) is 225 cm³/mol. The fraction of sp³-hybridized carbons (Fsp3) is 0. The second-order valence-corrected chi connectivity index (χ2v) is 14.4. The highest BCUT2D eigenvalue weighted by Crippen LogP contribution is 2.43. The lowest BCUT2D eigenvalue weighted by atomic mass is 9.96. The average molecular weight is 680 g/mol. The number of rotatable bonds is 6. The lowest BCUT2D eigenvalue weighted by Gasteiger charge is -2.26. The average Bonchev–Trinajstić information content (AvgIpc) is 3.61. The van der Waals surface area contributed by atoms with Gasteiger partial charge in [-0.3, -0.25) is 0 Å². The molecule has 9 aromatic carbocycles. The minimum atomic E-state index is 1.13. The van der Waals surface area contributed by atoms with Crippen molar-refractivity contribution in [2.75, 3.05) is 4.90 Å². The molecule has 10 aromatic rings. The summed E-state index contributed by atoms with van der Waals surface area (Å²) in [7, 11) is 0. The molecule has 0 aliphatic carbocycles. The zero-order chi connectivity index (χ0) is 34.4. The van der Waals surface area contributed by atoms with E-state index in [1.165, 1.54) is 75.1 Å². The van der Waals surface area contributed by atoms with Crippen LogP contribution >= 0.6 is 11.3 Å². The SMILES string of the molecule is c1ccc(N(c2ccc(-c3ccc(-c4cccc(-c5cccc6c5sc5ccc7ccccc7c56)c4)cc3)cc2)c2ccc3ccccc3c2)cc1. The maximum absolute atomic E-state index is 2.34. The Morgan fingerprint density at radius 3 is 1.71 bits per heavy atom. The van der Waals surface area contributed by atoms with Crippen LogP contribution in [0, 0.1) is 0 Å². The number of thiophene rings is 1. The number of para-hydroxylation sites is 1. The fourth-order valence-electron chi connectivity index (χ4n) is 7.66. The van der Waals surface area contributed by atoms with Crippen molar-refractivity contribution in [1.29, 1.82) is 0 Å². The maximum Gasteiger partial charge on any atom is 0.0468 e. The summed E-state index contributed by atoms with van der Waals surface area (Å²) in [5.41, 5.74) is 10.8. The fourth-order valence-corrected chi connectivity index (χ4v) is 8.91. The second-order valence-electron chi connectivity index (χ2n) is 13.4. The molecule has 0 fully saturated rings. The normalized spacial score (nSPS) is 11.5. The van der Waals surface area contributed by atoms with Crippen LogP contribution in [0.3, 0.4) is 0 Å². The van der Waals surface area contributed by atoms with E-state index in [2.05, 4.69) is 205 Å². The van der Waals surface area contributed by atoms with E-state index >= 15 is 0 Å². The van der Waals surface area contributed by atoms with Crippen LogP contribution in [-0.4, -0.2) is 0 Å². The summed E-state index contributed by atoms with van der Waals surface area (Å²) in [5, 5.41) is 7.78. The summed E-state index contributed by atoms with van der Waals surface area (Å²) in [6, 6.07) is 72.7. The summed E-state index contributed by atoms with van der Waals surface area (Å²) >= 11 is 1.90. The van der Waals surface area contributed by atoms with Gasteiger partial charge in [-0.2, -0.15) is 0 Å². The van der Waals surface area contributed by atoms with Crippen molar-refractivity contribution in [2.24, 2.45) is 0 Å². The first-order valence-electron chi connectivity index (χ1n) is 17.8. The van der Waals surface area contributed by atoms with Gasteiger partial charge in [-0.05, 0) is 103 Å². The van der Waals surface area contributed by atoms with Gasteiger partial charge in [0.15, 0.2) is 0 Å². The molecule has 2 heteroatoms. The summed E-state index contributed by atoms with van der Waals surface area (Å²) in [6.07, 6.45) is 0. The lowest BCUT2D eigenvalue weighted by Crippen LogP contribution is -2.09. The zero-order valence-corrected chi connectivity index (χ0v) is 29.2. The minimum absolute atomic E-state index is 1.13. The number of nitrogens with zero attached hydrogens (tertiary/aromatic N) is 1. The van der Waals surface area contributed by atoms with Gasteiger partial charge in [0.1, 0.15) is 0 Å². The van der Waals surface area contributed by atoms with Crippen molar-refractivity contribution >= 4 is 70.1 Å². The van der Waals surface area contributed by atoms with E-state index in [-0.39, 0.29) is 0 Å². The summed E-state index contributed by atoms with van der Waals surface area (Å²) < 4.78 is 2.68. The van der Waals surface area contributed by atoms with Gasteiger partial charge >= 0.3 is 0 Å². The Bertz CT molecular complexity index is 2890. The van der Waals surface area contributed by atoms with E-state index in [4.69, 9.17) is 0 Å². The first kappa shape index (κ1) is 30.4. The number of benzene rings is 9. The van der Waals surface area contributed by atoms with E-state index < -0.39 is 0 Å². The zero-order valence-electron chi connectivity index (χ0n) is 28.4.